The highest BCUT2D eigenvalue weighted by Crippen LogP contribution is 2.43. The van der Waals surface area contributed by atoms with Crippen LogP contribution < -0.4 is 5.73 Å². The predicted molar refractivity (Wildman–Crippen MR) is 113 cm³/mol. The molecule has 5 nitrogen and oxygen atoms in total. The molecule has 2 fully saturated rings. The molecule has 1 amide bonds. The van der Waals surface area contributed by atoms with Gasteiger partial charge in [0.25, 0.3) is 0 Å². The predicted octanol–water partition coefficient (Wildman–Crippen LogP) is 4.27. The van der Waals surface area contributed by atoms with E-state index in [4.69, 9.17) is 10.5 Å². The van der Waals surface area contributed by atoms with Crippen molar-refractivity contribution in [2.45, 2.75) is 77.1 Å². The molecule has 0 bridgehead atoms. The summed E-state index contributed by atoms with van der Waals surface area (Å²) >= 11 is 0. The smallest absolute Gasteiger partial charge is 0.410 e. The molecule has 1 saturated carbocycles. The van der Waals surface area contributed by atoms with E-state index in [-0.39, 0.29) is 17.7 Å². The summed E-state index contributed by atoms with van der Waals surface area (Å²) < 4.78 is 5.51. The quantitative estimate of drug-likeness (QED) is 0.792. The van der Waals surface area contributed by atoms with Crippen molar-refractivity contribution in [2.24, 2.45) is 11.7 Å². The first-order valence-corrected chi connectivity index (χ1v) is 10.6. The number of likely N-dealkylation sites (N-methyl/N-ethyl adjacent to an activating group) is 1. The van der Waals surface area contributed by atoms with Crippen LogP contribution in [0.3, 0.4) is 0 Å². The third-order valence-corrected chi connectivity index (χ3v) is 5.91. The largest absolute Gasteiger partial charge is 0.444 e. The van der Waals surface area contributed by atoms with E-state index in [1.54, 1.807) is 4.90 Å². The molecule has 0 spiro atoms. The zero-order chi connectivity index (χ0) is 20.7. The molecule has 1 aliphatic heterocycles. The van der Waals surface area contributed by atoms with Gasteiger partial charge in [0.1, 0.15) is 5.60 Å². The molecule has 1 aromatic rings. The number of ether oxygens (including phenoxy) is 1. The van der Waals surface area contributed by atoms with Gasteiger partial charge in [-0.05, 0) is 57.1 Å². The Bertz CT molecular complexity index is 683. The standard InChI is InChI=1S/C23H37N3O2/c1-16(2)13-20(17-7-9-18(10-8-17)23(24)11-12-23)26-14-19(15-26)25(6)21(27)28-22(3,4)5/h7-10,16,19-20H,11-15,24H2,1-6H3. The second-order valence-electron chi connectivity index (χ2n) is 10.1. The van der Waals surface area contributed by atoms with Crippen LogP contribution in [0.15, 0.2) is 24.3 Å². The average Bonchev–Trinajstić information content (AvgIpc) is 3.29. The molecule has 1 aliphatic carbocycles. The van der Waals surface area contributed by atoms with Gasteiger partial charge in [-0.3, -0.25) is 4.90 Å². The lowest BCUT2D eigenvalue weighted by Gasteiger charge is -2.48. The Morgan fingerprint density at radius 3 is 2.29 bits per heavy atom. The molecule has 1 unspecified atom stereocenters. The fraction of sp³-hybridized carbons (Fsp3) is 0.696. The van der Waals surface area contributed by atoms with E-state index >= 15 is 0 Å². The summed E-state index contributed by atoms with van der Waals surface area (Å²) in [5.41, 5.74) is 8.40. The number of benzene rings is 1. The van der Waals surface area contributed by atoms with Crippen molar-refractivity contribution < 1.29 is 9.53 Å². The fourth-order valence-corrected chi connectivity index (χ4v) is 3.87. The minimum atomic E-state index is -0.460. The number of hydrogen-bond acceptors (Lipinski definition) is 4. The minimum absolute atomic E-state index is 0.0793. The third kappa shape index (κ3) is 4.87. The van der Waals surface area contributed by atoms with Gasteiger partial charge < -0.3 is 15.4 Å². The molecule has 5 heteroatoms. The Labute approximate surface area is 170 Å². The highest BCUT2D eigenvalue weighted by atomic mass is 16.6. The highest BCUT2D eigenvalue weighted by molar-refractivity contribution is 5.68. The number of nitrogens with zero attached hydrogens (tertiary/aromatic N) is 2. The van der Waals surface area contributed by atoms with Crippen LogP contribution >= 0.6 is 0 Å². The lowest BCUT2D eigenvalue weighted by Crippen LogP contribution is -2.60. The van der Waals surface area contributed by atoms with Crippen LogP contribution in [0.5, 0.6) is 0 Å². The van der Waals surface area contributed by atoms with Gasteiger partial charge >= 0.3 is 6.09 Å². The first-order chi connectivity index (χ1) is 13.0. The van der Waals surface area contributed by atoms with Crippen molar-refractivity contribution >= 4 is 6.09 Å². The molecule has 0 aromatic heterocycles. The molecule has 3 rings (SSSR count). The first-order valence-electron chi connectivity index (χ1n) is 10.6. The van der Waals surface area contributed by atoms with Crippen molar-refractivity contribution in [1.82, 2.24) is 9.80 Å². The van der Waals surface area contributed by atoms with Gasteiger partial charge in [0.2, 0.25) is 0 Å². The number of hydrogen-bond donors (Lipinski definition) is 1. The van der Waals surface area contributed by atoms with E-state index in [1.807, 2.05) is 27.8 Å². The summed E-state index contributed by atoms with van der Waals surface area (Å²) in [6.45, 7) is 12.0. The second kappa shape index (κ2) is 7.68. The van der Waals surface area contributed by atoms with E-state index in [0.29, 0.717) is 12.0 Å². The van der Waals surface area contributed by atoms with Gasteiger partial charge in [-0.25, -0.2) is 4.79 Å². The summed E-state index contributed by atoms with van der Waals surface area (Å²) in [6, 6.07) is 9.51. The highest BCUT2D eigenvalue weighted by Gasteiger charge is 2.41. The Balaban J connectivity index is 1.63. The van der Waals surface area contributed by atoms with Crippen LogP contribution in [0, 0.1) is 5.92 Å². The zero-order valence-electron chi connectivity index (χ0n) is 18.4. The van der Waals surface area contributed by atoms with Crippen LogP contribution in [-0.2, 0) is 10.3 Å². The minimum Gasteiger partial charge on any atom is -0.444 e. The third-order valence-electron chi connectivity index (χ3n) is 5.91. The second-order valence-corrected chi connectivity index (χ2v) is 10.1. The molecule has 28 heavy (non-hydrogen) atoms. The summed E-state index contributed by atoms with van der Waals surface area (Å²) in [7, 11) is 1.85. The Morgan fingerprint density at radius 1 is 1.25 bits per heavy atom. The lowest BCUT2D eigenvalue weighted by molar-refractivity contribution is -0.0187. The molecule has 2 aliphatic rings. The number of carbonyl (C=O) groups is 1. The number of rotatable bonds is 6. The topological polar surface area (TPSA) is 58.8 Å². The Morgan fingerprint density at radius 2 is 1.82 bits per heavy atom. The van der Waals surface area contributed by atoms with Gasteiger partial charge in [0.05, 0.1) is 6.04 Å². The Kier molecular flexibility index (Phi) is 5.79. The molecular weight excluding hydrogens is 350 g/mol. The van der Waals surface area contributed by atoms with Crippen LogP contribution in [0.2, 0.25) is 0 Å². The maximum atomic E-state index is 12.3. The molecule has 2 N–H and O–H groups in total. The summed E-state index contributed by atoms with van der Waals surface area (Å²) in [4.78, 5) is 16.6. The van der Waals surface area contributed by atoms with Crippen LogP contribution in [-0.4, -0.2) is 47.7 Å². The molecule has 1 aromatic carbocycles. The van der Waals surface area contributed by atoms with Gasteiger partial charge in [0.15, 0.2) is 0 Å². The maximum Gasteiger partial charge on any atom is 0.410 e. The number of likely N-dealkylation sites (tertiary alicyclic amines) is 1. The summed E-state index contributed by atoms with van der Waals surface area (Å²) in [6.07, 6.45) is 3.05. The molecule has 1 saturated heterocycles. The van der Waals surface area contributed by atoms with Crippen molar-refractivity contribution in [3.63, 3.8) is 0 Å². The lowest BCUT2D eigenvalue weighted by atomic mass is 9.90. The van der Waals surface area contributed by atoms with Crippen molar-refractivity contribution in [2.75, 3.05) is 20.1 Å². The van der Waals surface area contributed by atoms with E-state index < -0.39 is 5.60 Å². The maximum absolute atomic E-state index is 12.3. The summed E-state index contributed by atoms with van der Waals surface area (Å²) in [5, 5.41) is 0. The van der Waals surface area contributed by atoms with Crippen LogP contribution in [0.4, 0.5) is 4.79 Å². The number of nitrogens with two attached hydrogens (primary N) is 1. The van der Waals surface area contributed by atoms with Crippen LogP contribution in [0.25, 0.3) is 0 Å². The van der Waals surface area contributed by atoms with E-state index in [2.05, 4.69) is 43.0 Å². The van der Waals surface area contributed by atoms with Gasteiger partial charge in [0, 0.05) is 31.7 Å². The van der Waals surface area contributed by atoms with E-state index in [0.717, 1.165) is 32.4 Å². The van der Waals surface area contributed by atoms with Crippen LogP contribution in [0.1, 0.15) is 71.0 Å². The van der Waals surface area contributed by atoms with Gasteiger partial charge in [-0.15, -0.1) is 0 Å². The molecule has 1 heterocycles. The zero-order valence-corrected chi connectivity index (χ0v) is 18.4. The molecule has 1 atom stereocenters. The molecular formula is C23H37N3O2. The van der Waals surface area contributed by atoms with Crippen molar-refractivity contribution in [3.8, 4) is 0 Å². The van der Waals surface area contributed by atoms with Gasteiger partial charge in [-0.2, -0.15) is 0 Å². The average molecular weight is 388 g/mol. The normalized spacial score (nSPS) is 20.6. The van der Waals surface area contributed by atoms with E-state index in [1.165, 1.54) is 11.1 Å². The Hall–Kier alpha value is -1.59. The molecule has 0 radical (unpaired) electrons. The van der Waals surface area contributed by atoms with Gasteiger partial charge in [-0.1, -0.05) is 38.1 Å². The van der Waals surface area contributed by atoms with E-state index in [9.17, 15) is 4.79 Å². The van der Waals surface area contributed by atoms with Crippen molar-refractivity contribution in [1.29, 1.82) is 0 Å². The fourth-order valence-electron chi connectivity index (χ4n) is 3.87. The van der Waals surface area contributed by atoms with Crippen molar-refractivity contribution in [3.05, 3.63) is 35.4 Å². The summed E-state index contributed by atoms with van der Waals surface area (Å²) in [5.74, 6) is 0.608. The molecule has 156 valence electrons. The monoisotopic (exact) mass is 387 g/mol. The first kappa shape index (κ1) is 21.1. The number of carbonyl (C=O) groups excluding carboxylic acids is 1. The SMILES string of the molecule is CC(C)CC(c1ccc(C2(N)CC2)cc1)N1CC(N(C)C(=O)OC(C)(C)C)C1. The number of amides is 1.